The quantitative estimate of drug-likeness (QED) is 0.506. The highest BCUT2D eigenvalue weighted by molar-refractivity contribution is 5.85. The molecule has 0 bridgehead atoms. The van der Waals surface area contributed by atoms with E-state index in [0.29, 0.717) is 63.6 Å². The van der Waals surface area contributed by atoms with Gasteiger partial charge in [0.05, 0.1) is 25.2 Å². The van der Waals surface area contributed by atoms with Gasteiger partial charge in [-0.3, -0.25) is 4.90 Å². The van der Waals surface area contributed by atoms with E-state index >= 15 is 0 Å². The molecule has 0 radical (unpaired) electrons. The lowest BCUT2D eigenvalue weighted by Gasteiger charge is -2.46. The van der Waals surface area contributed by atoms with Crippen LogP contribution in [0.1, 0.15) is 38.7 Å². The number of carboxylic acid groups (broad SMARTS) is 1. The monoisotopic (exact) mass is 541 g/mol. The van der Waals surface area contributed by atoms with Gasteiger partial charge in [0.2, 0.25) is 0 Å². The van der Waals surface area contributed by atoms with Crippen LogP contribution in [0, 0.1) is 5.82 Å². The van der Waals surface area contributed by atoms with Crippen molar-refractivity contribution in [3.63, 3.8) is 0 Å². The number of methoxy groups -OCH3 is 1. The molecule has 5 rings (SSSR count). The first-order valence-electron chi connectivity index (χ1n) is 13.5. The second-order valence-electron chi connectivity index (χ2n) is 10.4. The number of oxime groups is 1. The SMILES string of the molecule is CCOc1cc(CN2CC3(CC(N4CCC(OC)(C(=O)O)CC4)=NO3)C2)cc(OCC)c1-c1ccc(F)cc1. The summed E-state index contributed by atoms with van der Waals surface area (Å²) in [5.74, 6) is 1.10. The molecular weight excluding hydrogens is 505 g/mol. The number of carboxylic acids is 1. The highest BCUT2D eigenvalue weighted by Gasteiger charge is 2.51. The molecule has 0 unspecified atom stereocenters. The van der Waals surface area contributed by atoms with Gasteiger partial charge in [-0.1, -0.05) is 17.3 Å². The highest BCUT2D eigenvalue weighted by atomic mass is 19.1. The number of carbonyl (C=O) groups is 1. The number of amidine groups is 1. The van der Waals surface area contributed by atoms with E-state index < -0.39 is 11.6 Å². The number of nitrogens with zero attached hydrogens (tertiary/aromatic N) is 3. The summed E-state index contributed by atoms with van der Waals surface area (Å²) in [5.41, 5.74) is 1.25. The van der Waals surface area contributed by atoms with Crippen molar-refractivity contribution in [2.75, 3.05) is 46.5 Å². The number of benzene rings is 2. The molecule has 3 aliphatic rings. The lowest BCUT2D eigenvalue weighted by molar-refractivity contribution is -0.167. The maximum absolute atomic E-state index is 13.6. The third-order valence-electron chi connectivity index (χ3n) is 7.83. The zero-order valence-electron chi connectivity index (χ0n) is 22.7. The van der Waals surface area contributed by atoms with Crippen molar-refractivity contribution in [3.05, 3.63) is 47.8 Å². The second kappa shape index (κ2) is 11.0. The van der Waals surface area contributed by atoms with Crippen molar-refractivity contribution in [1.82, 2.24) is 9.80 Å². The average Bonchev–Trinajstić information content (AvgIpc) is 3.35. The summed E-state index contributed by atoms with van der Waals surface area (Å²) in [6.45, 7) is 8.19. The minimum absolute atomic E-state index is 0.289. The molecule has 10 heteroatoms. The van der Waals surface area contributed by atoms with Gasteiger partial charge in [0.15, 0.2) is 11.2 Å². The fraction of sp³-hybridized carbons (Fsp3) is 0.517. The van der Waals surface area contributed by atoms with Gasteiger partial charge in [-0.05, 0) is 49.2 Å². The predicted octanol–water partition coefficient (Wildman–Crippen LogP) is 4.14. The molecule has 0 saturated carbocycles. The Labute approximate surface area is 228 Å². The summed E-state index contributed by atoms with van der Waals surface area (Å²) in [4.78, 5) is 22.0. The van der Waals surface area contributed by atoms with Gasteiger partial charge >= 0.3 is 5.97 Å². The van der Waals surface area contributed by atoms with E-state index in [2.05, 4.69) is 15.0 Å². The fourth-order valence-corrected chi connectivity index (χ4v) is 5.79. The van der Waals surface area contributed by atoms with Gasteiger partial charge in [-0.25, -0.2) is 9.18 Å². The molecule has 2 aromatic rings. The summed E-state index contributed by atoms with van der Waals surface area (Å²) < 4.78 is 30.9. The molecule has 1 spiro atoms. The van der Waals surface area contributed by atoms with Gasteiger partial charge < -0.3 is 29.1 Å². The molecular formula is C29H36FN3O6. The Morgan fingerprint density at radius 2 is 1.69 bits per heavy atom. The van der Waals surface area contributed by atoms with Gasteiger partial charge in [0.25, 0.3) is 0 Å². The Bertz CT molecular complexity index is 1190. The Kier molecular flexibility index (Phi) is 7.68. The number of aliphatic carboxylic acids is 1. The summed E-state index contributed by atoms with van der Waals surface area (Å²) in [6, 6.07) is 10.4. The van der Waals surface area contributed by atoms with Crippen LogP contribution in [0.2, 0.25) is 0 Å². The summed E-state index contributed by atoms with van der Waals surface area (Å²) in [7, 11) is 1.46. The standard InChI is InChI=1S/C29H36FN3O6/c1-4-37-23-14-20(15-24(38-5-2)26(23)21-6-8-22(30)9-7-21)17-32-18-28(19-32)16-25(31-39-28)33-12-10-29(36-3,11-13-33)27(34)35/h6-9,14-15H,4-5,10-13,16-19H2,1-3H3,(H,34,35). The van der Waals surface area contributed by atoms with Crippen LogP contribution >= 0.6 is 0 Å². The molecule has 2 fully saturated rings. The van der Waals surface area contributed by atoms with E-state index in [4.69, 9.17) is 19.0 Å². The molecule has 0 aliphatic carbocycles. The van der Waals surface area contributed by atoms with Crippen LogP contribution in [0.15, 0.2) is 41.6 Å². The fourth-order valence-electron chi connectivity index (χ4n) is 5.79. The molecule has 39 heavy (non-hydrogen) atoms. The van der Waals surface area contributed by atoms with Gasteiger partial charge in [-0.2, -0.15) is 0 Å². The van der Waals surface area contributed by atoms with E-state index in [9.17, 15) is 14.3 Å². The molecule has 210 valence electrons. The molecule has 0 amide bonds. The lowest BCUT2D eigenvalue weighted by atomic mass is 9.87. The van der Waals surface area contributed by atoms with Crippen LogP contribution in [-0.2, 0) is 20.9 Å². The van der Waals surface area contributed by atoms with Crippen LogP contribution in [0.25, 0.3) is 11.1 Å². The number of likely N-dealkylation sites (tertiary alicyclic amines) is 2. The molecule has 0 atom stereocenters. The van der Waals surface area contributed by atoms with E-state index in [0.717, 1.165) is 35.6 Å². The Hall–Kier alpha value is -3.37. The predicted molar refractivity (Wildman–Crippen MR) is 144 cm³/mol. The summed E-state index contributed by atoms with van der Waals surface area (Å²) in [5, 5.41) is 13.9. The number of hydrogen-bond acceptors (Lipinski definition) is 8. The smallest absolute Gasteiger partial charge is 0.336 e. The normalized spacial score (nSPS) is 19.8. The van der Waals surface area contributed by atoms with Crippen LogP contribution in [-0.4, -0.2) is 84.4 Å². The van der Waals surface area contributed by atoms with Crippen molar-refractivity contribution in [2.24, 2.45) is 5.16 Å². The topological polar surface area (TPSA) is 93.1 Å². The van der Waals surface area contributed by atoms with Gasteiger partial charge in [-0.15, -0.1) is 0 Å². The summed E-state index contributed by atoms with van der Waals surface area (Å²) >= 11 is 0. The van der Waals surface area contributed by atoms with Gasteiger partial charge in [0.1, 0.15) is 23.2 Å². The van der Waals surface area contributed by atoms with Crippen LogP contribution in [0.3, 0.4) is 0 Å². The van der Waals surface area contributed by atoms with Crippen molar-refractivity contribution in [3.8, 4) is 22.6 Å². The van der Waals surface area contributed by atoms with Crippen molar-refractivity contribution >= 4 is 11.8 Å². The van der Waals surface area contributed by atoms with Crippen LogP contribution < -0.4 is 9.47 Å². The van der Waals surface area contributed by atoms with E-state index in [1.165, 1.54) is 19.2 Å². The summed E-state index contributed by atoms with van der Waals surface area (Å²) in [6.07, 6.45) is 1.53. The molecule has 3 aliphatic heterocycles. The number of hydrogen-bond donors (Lipinski definition) is 1. The zero-order valence-corrected chi connectivity index (χ0v) is 22.7. The Morgan fingerprint density at radius 3 is 2.23 bits per heavy atom. The molecule has 2 saturated heterocycles. The number of piperidine rings is 1. The molecule has 0 aromatic heterocycles. The molecule has 1 N–H and O–H groups in total. The highest BCUT2D eigenvalue weighted by Crippen LogP contribution is 2.42. The van der Waals surface area contributed by atoms with Crippen molar-refractivity contribution in [1.29, 1.82) is 0 Å². The van der Waals surface area contributed by atoms with E-state index in [-0.39, 0.29) is 11.4 Å². The Balaban J connectivity index is 1.23. The van der Waals surface area contributed by atoms with Crippen molar-refractivity contribution in [2.45, 2.75) is 50.9 Å². The second-order valence-corrected chi connectivity index (χ2v) is 10.4. The molecule has 2 aromatic carbocycles. The minimum Gasteiger partial charge on any atom is -0.493 e. The third kappa shape index (κ3) is 5.40. The van der Waals surface area contributed by atoms with Crippen molar-refractivity contribution < 1.29 is 33.3 Å². The van der Waals surface area contributed by atoms with E-state index in [1.807, 2.05) is 26.0 Å². The Morgan fingerprint density at radius 1 is 1.08 bits per heavy atom. The van der Waals surface area contributed by atoms with Gasteiger partial charge in [0, 0.05) is 52.7 Å². The zero-order chi connectivity index (χ0) is 27.6. The average molecular weight is 542 g/mol. The first kappa shape index (κ1) is 27.2. The number of ether oxygens (including phenoxy) is 3. The third-order valence-corrected chi connectivity index (χ3v) is 7.83. The minimum atomic E-state index is -1.12. The first-order chi connectivity index (χ1) is 18.8. The largest absolute Gasteiger partial charge is 0.493 e. The molecule has 9 nitrogen and oxygen atoms in total. The maximum atomic E-state index is 13.6. The van der Waals surface area contributed by atoms with E-state index in [1.54, 1.807) is 12.1 Å². The first-order valence-corrected chi connectivity index (χ1v) is 13.5. The number of rotatable bonds is 9. The van der Waals surface area contributed by atoms with Crippen LogP contribution in [0.4, 0.5) is 4.39 Å². The number of halogens is 1. The molecule has 3 heterocycles. The maximum Gasteiger partial charge on any atom is 0.336 e. The van der Waals surface area contributed by atoms with Crippen LogP contribution in [0.5, 0.6) is 11.5 Å². The lowest BCUT2D eigenvalue weighted by Crippen LogP contribution is -2.61.